The van der Waals surface area contributed by atoms with Crippen LogP contribution in [0.1, 0.15) is 37.8 Å². The molecule has 1 aromatic carbocycles. The quantitative estimate of drug-likeness (QED) is 0.347. The van der Waals surface area contributed by atoms with E-state index in [2.05, 4.69) is 59.0 Å². The topological polar surface area (TPSA) is 61.3 Å². The van der Waals surface area contributed by atoms with E-state index in [9.17, 15) is 0 Å². The molecule has 0 unspecified atom stereocenters. The molecule has 0 aliphatic heterocycles. The summed E-state index contributed by atoms with van der Waals surface area (Å²) in [5.41, 5.74) is 2.67. The van der Waals surface area contributed by atoms with Crippen molar-refractivity contribution in [1.29, 1.82) is 0 Å². The second kappa shape index (κ2) is 11.9. The molecule has 26 heavy (non-hydrogen) atoms. The lowest BCUT2D eigenvalue weighted by Crippen LogP contribution is -2.37. The number of hydrogen-bond donors (Lipinski definition) is 3. The number of anilines is 1. The Morgan fingerprint density at radius 1 is 0.923 bits per heavy atom. The third-order valence-corrected chi connectivity index (χ3v) is 4.12. The summed E-state index contributed by atoms with van der Waals surface area (Å²) in [5, 5.41) is 10.1. The third-order valence-electron chi connectivity index (χ3n) is 4.12. The van der Waals surface area contributed by atoms with Crippen LogP contribution in [0.2, 0.25) is 0 Å². The molecule has 0 amide bonds. The smallest absolute Gasteiger partial charge is 0.191 e. The van der Waals surface area contributed by atoms with Crippen molar-refractivity contribution < 1.29 is 0 Å². The first-order valence-corrected chi connectivity index (χ1v) is 9.57. The number of aromatic nitrogens is 1. The van der Waals surface area contributed by atoms with Gasteiger partial charge in [-0.15, -0.1) is 0 Å². The fourth-order valence-electron chi connectivity index (χ4n) is 2.70. The lowest BCUT2D eigenvalue weighted by atomic mass is 10.1. The van der Waals surface area contributed by atoms with Crippen LogP contribution in [0.5, 0.6) is 0 Å². The molecular formula is C21H31N5. The van der Waals surface area contributed by atoms with Gasteiger partial charge in [-0.05, 0) is 49.4 Å². The summed E-state index contributed by atoms with van der Waals surface area (Å²) in [6.07, 6.45) is 5.01. The maximum atomic E-state index is 4.73. The average Bonchev–Trinajstić information content (AvgIpc) is 2.69. The largest absolute Gasteiger partial charge is 0.370 e. The summed E-state index contributed by atoms with van der Waals surface area (Å²) >= 11 is 0. The van der Waals surface area contributed by atoms with Crippen LogP contribution < -0.4 is 16.0 Å². The van der Waals surface area contributed by atoms with E-state index in [1.807, 2.05) is 18.2 Å². The molecule has 1 aromatic heterocycles. The molecule has 0 aliphatic rings. The number of hydrogen-bond acceptors (Lipinski definition) is 3. The molecule has 1 heterocycles. The van der Waals surface area contributed by atoms with E-state index < -0.39 is 0 Å². The number of nitrogens with one attached hydrogen (secondary N) is 3. The fourth-order valence-corrected chi connectivity index (χ4v) is 2.70. The molecule has 0 saturated heterocycles. The minimum Gasteiger partial charge on any atom is -0.370 e. The standard InChI is InChI=1S/C21H31N5/c1-3-18-11-5-6-12-19(18)17-26-21(22-4-2)25-16-10-9-15-24-20-13-7-8-14-23-20/h5-8,11-14H,3-4,9-10,15-17H2,1-2H3,(H,23,24)(H2,22,25,26). The first-order valence-electron chi connectivity index (χ1n) is 9.57. The van der Waals surface area contributed by atoms with Crippen LogP contribution in [0.3, 0.4) is 0 Å². The number of pyridine rings is 1. The van der Waals surface area contributed by atoms with Gasteiger partial charge < -0.3 is 16.0 Å². The average molecular weight is 354 g/mol. The fraction of sp³-hybridized carbons (Fsp3) is 0.429. The first-order chi connectivity index (χ1) is 12.8. The van der Waals surface area contributed by atoms with Crippen molar-refractivity contribution in [3.8, 4) is 0 Å². The first kappa shape index (κ1) is 19.8. The van der Waals surface area contributed by atoms with Gasteiger partial charge >= 0.3 is 0 Å². The van der Waals surface area contributed by atoms with Gasteiger partial charge in [0.1, 0.15) is 5.82 Å². The molecule has 5 heteroatoms. The molecule has 3 N–H and O–H groups in total. The van der Waals surface area contributed by atoms with Crippen molar-refractivity contribution >= 4 is 11.8 Å². The molecule has 0 aliphatic carbocycles. The van der Waals surface area contributed by atoms with Crippen molar-refractivity contribution in [3.63, 3.8) is 0 Å². The lowest BCUT2D eigenvalue weighted by Gasteiger charge is -2.12. The Hall–Kier alpha value is -2.56. The van der Waals surface area contributed by atoms with Gasteiger partial charge in [0.2, 0.25) is 0 Å². The summed E-state index contributed by atoms with van der Waals surface area (Å²) < 4.78 is 0. The van der Waals surface area contributed by atoms with Crippen molar-refractivity contribution in [2.24, 2.45) is 4.99 Å². The highest BCUT2D eigenvalue weighted by molar-refractivity contribution is 5.79. The van der Waals surface area contributed by atoms with E-state index in [4.69, 9.17) is 4.99 Å². The van der Waals surface area contributed by atoms with Gasteiger partial charge in [0, 0.05) is 25.8 Å². The monoisotopic (exact) mass is 353 g/mol. The van der Waals surface area contributed by atoms with Crippen LogP contribution in [0, 0.1) is 0 Å². The number of aryl methyl sites for hydroxylation is 1. The SMILES string of the molecule is CCNC(=NCc1ccccc1CC)NCCCCNc1ccccn1. The summed E-state index contributed by atoms with van der Waals surface area (Å²) in [6.45, 7) is 7.68. The summed E-state index contributed by atoms with van der Waals surface area (Å²) in [5.74, 6) is 1.82. The molecule has 0 spiro atoms. The Labute approximate surface area is 157 Å². The Kier molecular flexibility index (Phi) is 9.05. The van der Waals surface area contributed by atoms with Crippen LogP contribution in [-0.2, 0) is 13.0 Å². The summed E-state index contributed by atoms with van der Waals surface area (Å²) in [7, 11) is 0. The molecule has 0 saturated carbocycles. The highest BCUT2D eigenvalue weighted by Gasteiger charge is 2.01. The molecule has 140 valence electrons. The number of nitrogens with zero attached hydrogens (tertiary/aromatic N) is 2. The molecule has 0 atom stereocenters. The second-order valence-corrected chi connectivity index (χ2v) is 6.09. The van der Waals surface area contributed by atoms with Crippen molar-refractivity contribution in [2.75, 3.05) is 25.0 Å². The van der Waals surface area contributed by atoms with Gasteiger partial charge in [0.15, 0.2) is 5.96 Å². The molecular weight excluding hydrogens is 322 g/mol. The maximum absolute atomic E-state index is 4.73. The van der Waals surface area contributed by atoms with Gasteiger partial charge in [0.25, 0.3) is 0 Å². The van der Waals surface area contributed by atoms with E-state index in [0.717, 1.165) is 50.7 Å². The van der Waals surface area contributed by atoms with Gasteiger partial charge in [-0.1, -0.05) is 37.3 Å². The Morgan fingerprint density at radius 2 is 1.69 bits per heavy atom. The number of guanidine groups is 1. The van der Waals surface area contributed by atoms with E-state index in [1.165, 1.54) is 11.1 Å². The van der Waals surface area contributed by atoms with Crippen LogP contribution >= 0.6 is 0 Å². The van der Waals surface area contributed by atoms with Gasteiger partial charge in [-0.2, -0.15) is 0 Å². The van der Waals surface area contributed by atoms with E-state index in [0.29, 0.717) is 6.54 Å². The number of rotatable bonds is 10. The Balaban J connectivity index is 1.71. The summed E-state index contributed by atoms with van der Waals surface area (Å²) in [4.78, 5) is 8.99. The van der Waals surface area contributed by atoms with E-state index >= 15 is 0 Å². The third kappa shape index (κ3) is 7.13. The van der Waals surface area contributed by atoms with Crippen LogP contribution in [0.25, 0.3) is 0 Å². The predicted molar refractivity (Wildman–Crippen MR) is 111 cm³/mol. The molecule has 2 aromatic rings. The predicted octanol–water partition coefficient (Wildman–Crippen LogP) is 3.59. The van der Waals surface area contributed by atoms with Gasteiger partial charge in [0.05, 0.1) is 6.54 Å². The van der Waals surface area contributed by atoms with E-state index in [1.54, 1.807) is 6.20 Å². The number of benzene rings is 1. The van der Waals surface area contributed by atoms with Crippen molar-refractivity contribution in [3.05, 3.63) is 59.8 Å². The maximum Gasteiger partial charge on any atom is 0.191 e. The molecule has 2 rings (SSSR count). The zero-order chi connectivity index (χ0) is 18.5. The number of unbranched alkanes of at least 4 members (excludes halogenated alkanes) is 1. The number of aliphatic imine (C=N–C) groups is 1. The highest BCUT2D eigenvalue weighted by atomic mass is 15.2. The highest BCUT2D eigenvalue weighted by Crippen LogP contribution is 2.10. The second-order valence-electron chi connectivity index (χ2n) is 6.09. The lowest BCUT2D eigenvalue weighted by molar-refractivity contribution is 0.712. The zero-order valence-electron chi connectivity index (χ0n) is 16.0. The van der Waals surface area contributed by atoms with Crippen LogP contribution in [0.4, 0.5) is 5.82 Å². The molecule has 0 bridgehead atoms. The van der Waals surface area contributed by atoms with Crippen molar-refractivity contribution in [1.82, 2.24) is 15.6 Å². The molecule has 5 nitrogen and oxygen atoms in total. The van der Waals surface area contributed by atoms with E-state index in [-0.39, 0.29) is 0 Å². The molecule has 0 fully saturated rings. The van der Waals surface area contributed by atoms with Gasteiger partial charge in [-0.3, -0.25) is 0 Å². The zero-order valence-corrected chi connectivity index (χ0v) is 16.0. The summed E-state index contributed by atoms with van der Waals surface area (Å²) in [6, 6.07) is 14.4. The van der Waals surface area contributed by atoms with Crippen LogP contribution in [0.15, 0.2) is 53.7 Å². The van der Waals surface area contributed by atoms with Crippen LogP contribution in [-0.4, -0.2) is 30.6 Å². The minimum absolute atomic E-state index is 0.709. The Morgan fingerprint density at radius 3 is 2.42 bits per heavy atom. The minimum atomic E-state index is 0.709. The molecule has 0 radical (unpaired) electrons. The normalized spacial score (nSPS) is 11.2. The Bertz CT molecular complexity index is 654. The van der Waals surface area contributed by atoms with Gasteiger partial charge in [-0.25, -0.2) is 9.98 Å². The van der Waals surface area contributed by atoms with Crippen molar-refractivity contribution in [2.45, 2.75) is 39.7 Å².